The molecule has 22 heavy (non-hydrogen) atoms. The summed E-state index contributed by atoms with van der Waals surface area (Å²) in [5, 5.41) is 12.7. The molecule has 0 amide bonds. The second-order valence-electron chi connectivity index (χ2n) is 5.80. The summed E-state index contributed by atoms with van der Waals surface area (Å²) >= 11 is 0. The highest BCUT2D eigenvalue weighted by Crippen LogP contribution is 2.16. The fourth-order valence-electron chi connectivity index (χ4n) is 2.88. The van der Waals surface area contributed by atoms with E-state index in [1.54, 1.807) is 19.2 Å². The average Bonchev–Trinajstić information content (AvgIpc) is 2.98. The van der Waals surface area contributed by atoms with Crippen LogP contribution in [0.15, 0.2) is 29.3 Å². The predicted octanol–water partition coefficient (Wildman–Crippen LogP) is 1.87. The van der Waals surface area contributed by atoms with Gasteiger partial charge in [-0.25, -0.2) is 0 Å². The highest BCUT2D eigenvalue weighted by atomic mass is 16.5. The predicted molar refractivity (Wildman–Crippen MR) is 89.3 cm³/mol. The largest absolute Gasteiger partial charge is 0.508 e. The van der Waals surface area contributed by atoms with Crippen molar-refractivity contribution in [2.75, 3.05) is 40.4 Å². The maximum Gasteiger partial charge on any atom is 0.193 e. The Morgan fingerprint density at radius 3 is 2.86 bits per heavy atom. The lowest BCUT2D eigenvalue weighted by Crippen LogP contribution is -2.40. The molecule has 1 unspecified atom stereocenters. The number of nitrogens with zero attached hydrogens (tertiary/aromatic N) is 2. The Morgan fingerprint density at radius 1 is 1.41 bits per heavy atom. The molecule has 0 saturated carbocycles. The number of guanidine groups is 1. The Bertz CT molecular complexity index is 473. The lowest BCUT2D eigenvalue weighted by atomic mass is 10.1. The molecule has 1 heterocycles. The number of hydrogen-bond acceptors (Lipinski definition) is 3. The van der Waals surface area contributed by atoms with Crippen LogP contribution in [0, 0.1) is 5.92 Å². The lowest BCUT2D eigenvalue weighted by molar-refractivity contribution is 0.157. The molecule has 1 atom stereocenters. The number of ether oxygens (including phenoxy) is 1. The number of phenols is 1. The summed E-state index contributed by atoms with van der Waals surface area (Å²) in [6, 6.07) is 7.42. The Kier molecular flexibility index (Phi) is 6.52. The minimum Gasteiger partial charge on any atom is -0.508 e. The fraction of sp³-hybridized carbons (Fsp3) is 0.588. The first-order valence-electron chi connectivity index (χ1n) is 7.95. The van der Waals surface area contributed by atoms with Gasteiger partial charge in [0.15, 0.2) is 5.96 Å². The van der Waals surface area contributed by atoms with Crippen LogP contribution in [-0.4, -0.2) is 56.4 Å². The smallest absolute Gasteiger partial charge is 0.193 e. The molecule has 5 heteroatoms. The van der Waals surface area contributed by atoms with Crippen molar-refractivity contribution in [3.8, 4) is 5.75 Å². The Hall–Kier alpha value is -1.75. The molecule has 5 nitrogen and oxygen atoms in total. The molecule has 0 aromatic heterocycles. The van der Waals surface area contributed by atoms with Crippen LogP contribution in [0.5, 0.6) is 5.75 Å². The van der Waals surface area contributed by atoms with E-state index in [1.165, 1.54) is 12.0 Å². The first-order chi connectivity index (χ1) is 10.7. The molecule has 1 aliphatic rings. The third-order valence-electron chi connectivity index (χ3n) is 4.06. The van der Waals surface area contributed by atoms with Gasteiger partial charge in [0.1, 0.15) is 5.75 Å². The van der Waals surface area contributed by atoms with Gasteiger partial charge in [-0.2, -0.15) is 0 Å². The Balaban J connectivity index is 1.70. The summed E-state index contributed by atoms with van der Waals surface area (Å²) in [4.78, 5) is 6.69. The van der Waals surface area contributed by atoms with Gasteiger partial charge in [-0.1, -0.05) is 12.1 Å². The number of aromatic hydroxyl groups is 1. The number of aryl methyl sites for hydroxylation is 1. The molecule has 2 rings (SSSR count). The Labute approximate surface area is 133 Å². The van der Waals surface area contributed by atoms with Crippen LogP contribution in [0.4, 0.5) is 0 Å². The van der Waals surface area contributed by atoms with E-state index in [4.69, 9.17) is 4.74 Å². The number of likely N-dealkylation sites (tertiary alicyclic amines) is 1. The second kappa shape index (κ2) is 8.63. The van der Waals surface area contributed by atoms with Crippen LogP contribution in [-0.2, 0) is 11.2 Å². The third kappa shape index (κ3) is 4.91. The zero-order chi connectivity index (χ0) is 15.8. The topological polar surface area (TPSA) is 57.1 Å². The van der Waals surface area contributed by atoms with Crippen LogP contribution in [0.25, 0.3) is 0 Å². The van der Waals surface area contributed by atoms with Crippen molar-refractivity contribution in [2.45, 2.75) is 19.3 Å². The van der Waals surface area contributed by atoms with Gasteiger partial charge in [0.2, 0.25) is 0 Å². The summed E-state index contributed by atoms with van der Waals surface area (Å²) in [6.45, 7) is 3.80. The van der Waals surface area contributed by atoms with E-state index in [-0.39, 0.29) is 0 Å². The van der Waals surface area contributed by atoms with Crippen molar-refractivity contribution in [1.29, 1.82) is 0 Å². The number of methoxy groups -OCH3 is 1. The van der Waals surface area contributed by atoms with Crippen molar-refractivity contribution in [1.82, 2.24) is 10.2 Å². The number of nitrogens with one attached hydrogen (secondary N) is 1. The highest BCUT2D eigenvalue weighted by molar-refractivity contribution is 5.80. The fourth-order valence-corrected chi connectivity index (χ4v) is 2.88. The first kappa shape index (κ1) is 16.6. The molecule has 1 aliphatic heterocycles. The van der Waals surface area contributed by atoms with Gasteiger partial charge in [0.05, 0.1) is 6.61 Å². The minimum atomic E-state index is 0.321. The summed E-state index contributed by atoms with van der Waals surface area (Å²) < 4.78 is 5.24. The zero-order valence-corrected chi connectivity index (χ0v) is 13.6. The van der Waals surface area contributed by atoms with Crippen molar-refractivity contribution >= 4 is 5.96 Å². The molecular weight excluding hydrogens is 278 g/mol. The monoisotopic (exact) mass is 305 g/mol. The quantitative estimate of drug-likeness (QED) is 0.478. The summed E-state index contributed by atoms with van der Waals surface area (Å²) in [5.41, 5.74) is 1.25. The maximum atomic E-state index is 9.27. The standard InChI is InChI=1S/C17H27N3O2/c1-18-17(20-11-9-15(12-20)13-22-2)19-10-3-4-14-5-7-16(21)8-6-14/h5-8,15,21H,3-4,9-13H2,1-2H3,(H,18,19). The van der Waals surface area contributed by atoms with Crippen LogP contribution in [0.3, 0.4) is 0 Å². The van der Waals surface area contributed by atoms with Crippen LogP contribution in [0.1, 0.15) is 18.4 Å². The van der Waals surface area contributed by atoms with Gasteiger partial charge in [0.25, 0.3) is 0 Å². The van der Waals surface area contributed by atoms with Gasteiger partial charge >= 0.3 is 0 Å². The van der Waals surface area contributed by atoms with Crippen molar-refractivity contribution < 1.29 is 9.84 Å². The molecule has 1 saturated heterocycles. The number of phenolic OH excluding ortho intramolecular Hbond substituents is 1. The number of hydrogen-bond donors (Lipinski definition) is 2. The summed E-state index contributed by atoms with van der Waals surface area (Å²) in [7, 11) is 3.60. The van der Waals surface area contributed by atoms with Crippen molar-refractivity contribution in [3.63, 3.8) is 0 Å². The van der Waals surface area contributed by atoms with Crippen LogP contribution in [0.2, 0.25) is 0 Å². The molecule has 1 fully saturated rings. The van der Waals surface area contributed by atoms with Gasteiger partial charge in [-0.15, -0.1) is 0 Å². The van der Waals surface area contributed by atoms with Crippen molar-refractivity contribution in [3.05, 3.63) is 29.8 Å². The molecule has 1 aromatic rings. The van der Waals surface area contributed by atoms with Gasteiger partial charge < -0.3 is 20.1 Å². The van der Waals surface area contributed by atoms with Gasteiger partial charge in [-0.3, -0.25) is 4.99 Å². The lowest BCUT2D eigenvalue weighted by Gasteiger charge is -2.21. The summed E-state index contributed by atoms with van der Waals surface area (Å²) in [5.74, 6) is 1.92. The molecule has 2 N–H and O–H groups in total. The van der Waals surface area contributed by atoms with Crippen molar-refractivity contribution in [2.24, 2.45) is 10.9 Å². The van der Waals surface area contributed by atoms with E-state index < -0.39 is 0 Å². The molecule has 122 valence electrons. The van der Waals surface area contributed by atoms with E-state index in [2.05, 4.69) is 15.2 Å². The van der Waals surface area contributed by atoms with E-state index >= 15 is 0 Å². The third-order valence-corrected chi connectivity index (χ3v) is 4.06. The average molecular weight is 305 g/mol. The van der Waals surface area contributed by atoms with E-state index in [0.717, 1.165) is 45.0 Å². The highest BCUT2D eigenvalue weighted by Gasteiger charge is 2.24. The Morgan fingerprint density at radius 2 is 2.18 bits per heavy atom. The normalized spacial score (nSPS) is 18.7. The second-order valence-corrected chi connectivity index (χ2v) is 5.80. The molecule has 0 bridgehead atoms. The molecule has 0 aliphatic carbocycles. The van der Waals surface area contributed by atoms with Crippen LogP contribution < -0.4 is 5.32 Å². The number of benzene rings is 1. The number of aliphatic imine (C=N–C) groups is 1. The molecular formula is C17H27N3O2. The van der Waals surface area contributed by atoms with Crippen LogP contribution >= 0.6 is 0 Å². The SMILES string of the molecule is CN=C(NCCCc1ccc(O)cc1)N1CCC(COC)C1. The molecule has 0 radical (unpaired) electrons. The van der Waals surface area contributed by atoms with E-state index in [0.29, 0.717) is 11.7 Å². The maximum absolute atomic E-state index is 9.27. The zero-order valence-electron chi connectivity index (χ0n) is 13.6. The van der Waals surface area contributed by atoms with E-state index in [9.17, 15) is 5.11 Å². The minimum absolute atomic E-state index is 0.321. The number of rotatable bonds is 6. The van der Waals surface area contributed by atoms with Gasteiger partial charge in [-0.05, 0) is 37.0 Å². The summed E-state index contributed by atoms with van der Waals surface area (Å²) in [6.07, 6.45) is 3.21. The molecule has 1 aromatic carbocycles. The van der Waals surface area contributed by atoms with Gasteiger partial charge in [0, 0.05) is 39.7 Å². The first-order valence-corrected chi connectivity index (χ1v) is 7.95. The van der Waals surface area contributed by atoms with E-state index in [1.807, 2.05) is 19.2 Å². The molecule has 0 spiro atoms.